The van der Waals surface area contributed by atoms with Crippen LogP contribution in [-0.4, -0.2) is 30.5 Å². The molecule has 0 saturated heterocycles. The van der Waals surface area contributed by atoms with Gasteiger partial charge >= 0.3 is 0 Å². The van der Waals surface area contributed by atoms with E-state index in [1.807, 2.05) is 23.6 Å². The molecule has 1 amide bonds. The van der Waals surface area contributed by atoms with Crippen LogP contribution in [0.2, 0.25) is 0 Å². The van der Waals surface area contributed by atoms with E-state index in [2.05, 4.69) is 20.1 Å². The highest BCUT2D eigenvalue weighted by Gasteiger charge is 2.20. The molecular weight excluding hydrogens is 374 g/mol. The molecule has 0 bridgehead atoms. The molecule has 2 aromatic carbocycles. The monoisotopic (exact) mass is 389 g/mol. The number of hydrogen-bond acceptors (Lipinski definition) is 6. The third kappa shape index (κ3) is 2.60. The third-order valence-electron chi connectivity index (χ3n) is 4.39. The van der Waals surface area contributed by atoms with Crippen LogP contribution in [-0.2, 0) is 4.79 Å². The number of fused-ring (bicyclic) bond motifs is 3. The second kappa shape index (κ2) is 6.17. The van der Waals surface area contributed by atoms with Gasteiger partial charge in [-0.15, -0.1) is 11.3 Å². The average Bonchev–Trinajstić information content (AvgIpc) is 3.37. The number of nitrogens with two attached hydrogens (primary N) is 1. The molecule has 0 atom stereocenters. The average molecular weight is 389 g/mol. The zero-order chi connectivity index (χ0) is 19.3. The molecule has 9 heteroatoms. The highest BCUT2D eigenvalue weighted by molar-refractivity contribution is 7.13. The van der Waals surface area contributed by atoms with E-state index in [0.717, 1.165) is 21.6 Å². The molecule has 5 rings (SSSR count). The van der Waals surface area contributed by atoms with Gasteiger partial charge in [0.2, 0.25) is 11.9 Å². The van der Waals surface area contributed by atoms with Gasteiger partial charge in [0, 0.05) is 29.8 Å². The first-order chi connectivity index (χ1) is 13.6. The second-order valence-electron chi connectivity index (χ2n) is 6.28. The Morgan fingerprint density at radius 3 is 2.86 bits per heavy atom. The van der Waals surface area contributed by atoms with Gasteiger partial charge in [0.1, 0.15) is 5.01 Å². The molecule has 138 valence electrons. The number of anilines is 3. The number of carbonyl (C=O) groups is 1. The van der Waals surface area contributed by atoms with Crippen molar-refractivity contribution in [3.05, 3.63) is 54.0 Å². The Balaban J connectivity index is 1.62. The second-order valence-corrected chi connectivity index (χ2v) is 7.18. The molecule has 3 heterocycles. The molecule has 0 aliphatic carbocycles. The Bertz CT molecular complexity index is 1320. The number of thiazole rings is 1. The number of carbonyl (C=O) groups excluding carboxylic acids is 1. The minimum Gasteiger partial charge on any atom is -0.399 e. The number of amides is 1. The van der Waals surface area contributed by atoms with E-state index < -0.39 is 0 Å². The standard InChI is InChI=1S/C19H15N7OS/c1-11(27)25(14-4-2-3-13(20)10-14)19-23-18-22-15-9-12(17-21-7-8-28-17)5-6-16(15)26(18)24-19/h2-10H,20H2,1H3,(H,22,23,24). The minimum atomic E-state index is -0.182. The molecule has 3 N–H and O–H groups in total. The molecule has 8 nitrogen and oxygen atoms in total. The number of nitrogens with one attached hydrogen (secondary N) is 1. The van der Waals surface area contributed by atoms with Crippen molar-refractivity contribution < 1.29 is 4.79 Å². The molecule has 0 spiro atoms. The van der Waals surface area contributed by atoms with Gasteiger partial charge in [0.15, 0.2) is 0 Å². The minimum absolute atomic E-state index is 0.182. The highest BCUT2D eigenvalue weighted by Crippen LogP contribution is 2.28. The number of nitrogens with zero attached hydrogens (tertiary/aromatic N) is 5. The third-order valence-corrected chi connectivity index (χ3v) is 5.21. The maximum absolute atomic E-state index is 12.3. The van der Waals surface area contributed by atoms with Crippen LogP contribution in [0.1, 0.15) is 6.92 Å². The van der Waals surface area contributed by atoms with Crippen molar-refractivity contribution in [3.8, 4) is 10.6 Å². The lowest BCUT2D eigenvalue weighted by Gasteiger charge is -2.18. The lowest BCUT2D eigenvalue weighted by atomic mass is 10.2. The van der Waals surface area contributed by atoms with E-state index in [-0.39, 0.29) is 5.91 Å². The summed E-state index contributed by atoms with van der Waals surface area (Å²) in [5.74, 6) is 0.681. The molecular formula is C19H15N7OS. The molecule has 0 aliphatic rings. The Morgan fingerprint density at radius 1 is 1.21 bits per heavy atom. The van der Waals surface area contributed by atoms with Crippen LogP contribution < -0.4 is 10.6 Å². The summed E-state index contributed by atoms with van der Waals surface area (Å²) >= 11 is 1.58. The van der Waals surface area contributed by atoms with Crippen molar-refractivity contribution in [2.45, 2.75) is 6.92 Å². The molecule has 5 aromatic rings. The molecule has 0 radical (unpaired) electrons. The van der Waals surface area contributed by atoms with E-state index >= 15 is 0 Å². The maximum Gasteiger partial charge on any atom is 0.253 e. The summed E-state index contributed by atoms with van der Waals surface area (Å²) in [6.45, 7) is 1.48. The van der Waals surface area contributed by atoms with Crippen LogP contribution in [0.4, 0.5) is 17.3 Å². The molecule has 0 saturated carbocycles. The van der Waals surface area contributed by atoms with Gasteiger partial charge < -0.3 is 5.73 Å². The number of aromatic amines is 1. The highest BCUT2D eigenvalue weighted by atomic mass is 32.1. The fraction of sp³-hybridized carbons (Fsp3) is 0.0526. The van der Waals surface area contributed by atoms with Gasteiger partial charge in [-0.1, -0.05) is 6.07 Å². The Kier molecular flexibility index (Phi) is 3.63. The normalized spacial score (nSPS) is 11.3. The summed E-state index contributed by atoms with van der Waals surface area (Å²) in [4.78, 5) is 27.2. The van der Waals surface area contributed by atoms with Gasteiger partial charge in [-0.2, -0.15) is 4.98 Å². The molecule has 0 aliphatic heterocycles. The lowest BCUT2D eigenvalue weighted by Crippen LogP contribution is -2.24. The quantitative estimate of drug-likeness (QED) is 0.459. The van der Waals surface area contributed by atoms with Gasteiger partial charge in [-0.3, -0.25) is 9.89 Å². The SMILES string of the molecule is CC(=O)N(c1cccc(N)c1)c1nc2nc3cc(-c4nccs4)ccc3n2[nH]1. The predicted octanol–water partition coefficient (Wildman–Crippen LogP) is 3.60. The van der Waals surface area contributed by atoms with Gasteiger partial charge in [-0.25, -0.2) is 19.4 Å². The fourth-order valence-electron chi connectivity index (χ4n) is 3.19. The summed E-state index contributed by atoms with van der Waals surface area (Å²) in [5, 5.41) is 6.05. The first kappa shape index (κ1) is 16.5. The molecule has 28 heavy (non-hydrogen) atoms. The van der Waals surface area contributed by atoms with E-state index in [9.17, 15) is 4.79 Å². The first-order valence-corrected chi connectivity index (χ1v) is 9.42. The van der Waals surface area contributed by atoms with E-state index in [1.165, 1.54) is 11.8 Å². The van der Waals surface area contributed by atoms with Gasteiger partial charge in [0.05, 0.1) is 16.7 Å². The lowest BCUT2D eigenvalue weighted by molar-refractivity contribution is -0.115. The number of nitrogen functional groups attached to an aromatic ring is 1. The number of hydrogen-bond donors (Lipinski definition) is 2. The fourth-order valence-corrected chi connectivity index (χ4v) is 3.82. The van der Waals surface area contributed by atoms with Crippen molar-refractivity contribution in [2.24, 2.45) is 0 Å². The number of aromatic nitrogens is 5. The Labute approximate surface area is 163 Å². The van der Waals surface area contributed by atoms with Crippen LogP contribution in [0.15, 0.2) is 54.0 Å². The van der Waals surface area contributed by atoms with Crippen LogP contribution in [0.25, 0.3) is 27.4 Å². The van der Waals surface area contributed by atoms with Crippen molar-refractivity contribution in [3.63, 3.8) is 0 Å². The largest absolute Gasteiger partial charge is 0.399 e. The molecule has 3 aromatic heterocycles. The summed E-state index contributed by atoms with van der Waals surface area (Å²) in [6.07, 6.45) is 1.78. The smallest absolute Gasteiger partial charge is 0.253 e. The summed E-state index contributed by atoms with van der Waals surface area (Å²) in [7, 11) is 0. The predicted molar refractivity (Wildman–Crippen MR) is 110 cm³/mol. The van der Waals surface area contributed by atoms with Crippen molar-refractivity contribution in [1.29, 1.82) is 0 Å². The van der Waals surface area contributed by atoms with Crippen LogP contribution in [0.5, 0.6) is 0 Å². The number of H-pyrrole nitrogens is 1. The summed E-state index contributed by atoms with van der Waals surface area (Å²) < 4.78 is 1.76. The van der Waals surface area contributed by atoms with E-state index in [0.29, 0.717) is 23.1 Å². The zero-order valence-corrected chi connectivity index (χ0v) is 15.6. The number of imidazole rings is 1. The van der Waals surface area contributed by atoms with Crippen molar-refractivity contribution in [1.82, 2.24) is 24.6 Å². The van der Waals surface area contributed by atoms with E-state index in [1.54, 1.807) is 46.3 Å². The Hall–Kier alpha value is -3.72. The number of benzene rings is 2. The summed E-state index contributed by atoms with van der Waals surface area (Å²) in [5.41, 5.74) is 9.75. The van der Waals surface area contributed by atoms with Crippen LogP contribution in [0, 0.1) is 0 Å². The van der Waals surface area contributed by atoms with Crippen molar-refractivity contribution in [2.75, 3.05) is 10.6 Å². The van der Waals surface area contributed by atoms with Crippen LogP contribution >= 0.6 is 11.3 Å². The molecule has 0 fully saturated rings. The van der Waals surface area contributed by atoms with Crippen molar-refractivity contribution >= 4 is 51.4 Å². The summed E-state index contributed by atoms with van der Waals surface area (Å²) in [6, 6.07) is 13.0. The number of rotatable bonds is 3. The first-order valence-electron chi connectivity index (χ1n) is 8.54. The van der Waals surface area contributed by atoms with Gasteiger partial charge in [0.25, 0.3) is 5.78 Å². The maximum atomic E-state index is 12.3. The molecule has 0 unspecified atom stereocenters. The van der Waals surface area contributed by atoms with E-state index in [4.69, 9.17) is 5.73 Å². The zero-order valence-electron chi connectivity index (χ0n) is 14.8. The Morgan fingerprint density at radius 2 is 2.11 bits per heavy atom. The van der Waals surface area contributed by atoms with Crippen LogP contribution in [0.3, 0.4) is 0 Å². The van der Waals surface area contributed by atoms with Gasteiger partial charge in [-0.05, 0) is 36.4 Å². The topological polar surface area (TPSA) is 105 Å².